The van der Waals surface area contributed by atoms with E-state index in [0.29, 0.717) is 6.61 Å². The highest BCUT2D eigenvalue weighted by Gasteiger charge is 2.32. The molecule has 1 heterocycles. The highest BCUT2D eigenvalue weighted by atomic mass is 16.3. The first-order valence-corrected chi connectivity index (χ1v) is 6.46. The monoisotopic (exact) mass is 234 g/mol. The first-order valence-electron chi connectivity index (χ1n) is 6.46. The Kier molecular flexibility index (Phi) is 4.13. The Balaban J connectivity index is 1.82. The summed E-state index contributed by atoms with van der Waals surface area (Å²) in [6.07, 6.45) is 8.60. The first-order chi connectivity index (χ1) is 8.24. The van der Waals surface area contributed by atoms with Gasteiger partial charge in [-0.2, -0.15) is 0 Å². The van der Waals surface area contributed by atoms with E-state index in [1.54, 1.807) is 0 Å². The molecule has 1 saturated carbocycles. The van der Waals surface area contributed by atoms with Crippen LogP contribution in [0.2, 0.25) is 0 Å². The summed E-state index contributed by atoms with van der Waals surface area (Å²) in [6, 6.07) is 2.15. The van der Waals surface area contributed by atoms with E-state index in [-0.39, 0.29) is 5.41 Å². The quantitative estimate of drug-likeness (QED) is 0.819. The molecule has 3 nitrogen and oxygen atoms in total. The van der Waals surface area contributed by atoms with Crippen LogP contribution >= 0.6 is 0 Å². The van der Waals surface area contributed by atoms with Gasteiger partial charge in [0, 0.05) is 37.5 Å². The molecule has 1 aromatic rings. The number of rotatable bonds is 5. The summed E-state index contributed by atoms with van der Waals surface area (Å²) in [5.41, 5.74) is 2.55. The summed E-state index contributed by atoms with van der Waals surface area (Å²) in [4.78, 5) is 4.18. The van der Waals surface area contributed by atoms with E-state index in [9.17, 15) is 5.11 Å². The van der Waals surface area contributed by atoms with Gasteiger partial charge in [0.15, 0.2) is 0 Å². The van der Waals surface area contributed by atoms with Gasteiger partial charge in [0.2, 0.25) is 0 Å². The Morgan fingerprint density at radius 3 is 2.76 bits per heavy atom. The lowest BCUT2D eigenvalue weighted by Gasteiger charge is -2.26. The highest BCUT2D eigenvalue weighted by Crippen LogP contribution is 2.36. The van der Waals surface area contributed by atoms with E-state index in [1.165, 1.54) is 24.0 Å². The van der Waals surface area contributed by atoms with Gasteiger partial charge < -0.3 is 10.4 Å². The molecule has 0 aliphatic heterocycles. The predicted octanol–water partition coefficient (Wildman–Crippen LogP) is 2.03. The molecular weight excluding hydrogens is 212 g/mol. The summed E-state index contributed by atoms with van der Waals surface area (Å²) >= 11 is 0. The van der Waals surface area contributed by atoms with Crippen molar-refractivity contribution in [2.24, 2.45) is 5.41 Å². The molecule has 0 amide bonds. The standard InChI is InChI=1S/C14H22N2O/c1-12-6-13(8-15-7-12)9-16-10-14(11-17)4-2-3-5-14/h6-8,16-17H,2-5,9-11H2,1H3. The summed E-state index contributed by atoms with van der Waals surface area (Å²) in [7, 11) is 0. The summed E-state index contributed by atoms with van der Waals surface area (Å²) < 4.78 is 0. The smallest absolute Gasteiger partial charge is 0.0499 e. The fourth-order valence-corrected chi connectivity index (χ4v) is 2.70. The summed E-state index contributed by atoms with van der Waals surface area (Å²) in [6.45, 7) is 4.13. The zero-order valence-electron chi connectivity index (χ0n) is 10.6. The van der Waals surface area contributed by atoms with Crippen LogP contribution in [0, 0.1) is 12.3 Å². The van der Waals surface area contributed by atoms with Crippen molar-refractivity contribution in [2.75, 3.05) is 13.2 Å². The van der Waals surface area contributed by atoms with Gasteiger partial charge in [0.05, 0.1) is 0 Å². The van der Waals surface area contributed by atoms with Crippen molar-refractivity contribution in [3.05, 3.63) is 29.6 Å². The van der Waals surface area contributed by atoms with Crippen LogP contribution in [0.4, 0.5) is 0 Å². The summed E-state index contributed by atoms with van der Waals surface area (Å²) in [5, 5.41) is 13.0. The average Bonchev–Trinajstić information content (AvgIpc) is 2.79. The number of nitrogens with one attached hydrogen (secondary N) is 1. The molecule has 94 valence electrons. The van der Waals surface area contributed by atoms with Gasteiger partial charge in [-0.15, -0.1) is 0 Å². The van der Waals surface area contributed by atoms with E-state index >= 15 is 0 Å². The molecule has 0 saturated heterocycles. The molecule has 1 aliphatic rings. The molecule has 0 spiro atoms. The van der Waals surface area contributed by atoms with Gasteiger partial charge in [0.1, 0.15) is 0 Å². The van der Waals surface area contributed by atoms with Crippen LogP contribution in [0.3, 0.4) is 0 Å². The molecule has 0 unspecified atom stereocenters. The Bertz CT molecular complexity index is 359. The molecule has 2 rings (SSSR count). The Morgan fingerprint density at radius 1 is 1.35 bits per heavy atom. The number of hydrogen-bond donors (Lipinski definition) is 2. The number of aliphatic hydroxyl groups excluding tert-OH is 1. The minimum atomic E-state index is 0.136. The van der Waals surface area contributed by atoms with Crippen LogP contribution in [0.25, 0.3) is 0 Å². The van der Waals surface area contributed by atoms with Crippen LogP contribution in [-0.2, 0) is 6.54 Å². The Labute approximate surface area is 103 Å². The number of nitrogens with zero attached hydrogens (tertiary/aromatic N) is 1. The minimum Gasteiger partial charge on any atom is -0.396 e. The van der Waals surface area contributed by atoms with Gasteiger partial charge in [-0.3, -0.25) is 4.98 Å². The second-order valence-electron chi connectivity index (χ2n) is 5.34. The van der Waals surface area contributed by atoms with E-state index in [1.807, 2.05) is 12.4 Å². The number of aromatic nitrogens is 1. The van der Waals surface area contributed by atoms with E-state index in [2.05, 4.69) is 23.3 Å². The Hall–Kier alpha value is -0.930. The lowest BCUT2D eigenvalue weighted by molar-refractivity contribution is 0.128. The molecule has 0 atom stereocenters. The van der Waals surface area contributed by atoms with Crippen LogP contribution in [-0.4, -0.2) is 23.2 Å². The lowest BCUT2D eigenvalue weighted by Crippen LogP contribution is -2.34. The second kappa shape index (κ2) is 5.61. The van der Waals surface area contributed by atoms with E-state index in [4.69, 9.17) is 0 Å². The van der Waals surface area contributed by atoms with Crippen LogP contribution < -0.4 is 5.32 Å². The molecule has 2 N–H and O–H groups in total. The zero-order valence-corrected chi connectivity index (χ0v) is 10.6. The number of aryl methyl sites for hydroxylation is 1. The maximum Gasteiger partial charge on any atom is 0.0499 e. The van der Waals surface area contributed by atoms with Crippen molar-refractivity contribution >= 4 is 0 Å². The van der Waals surface area contributed by atoms with Crippen molar-refractivity contribution in [3.8, 4) is 0 Å². The van der Waals surface area contributed by atoms with Gasteiger partial charge in [-0.05, 0) is 30.9 Å². The zero-order chi connectivity index (χ0) is 12.1. The molecule has 0 radical (unpaired) electrons. The Morgan fingerprint density at radius 2 is 2.12 bits per heavy atom. The molecule has 1 fully saturated rings. The third-order valence-corrected chi connectivity index (χ3v) is 3.76. The minimum absolute atomic E-state index is 0.136. The first kappa shape index (κ1) is 12.5. The fraction of sp³-hybridized carbons (Fsp3) is 0.643. The number of hydrogen-bond acceptors (Lipinski definition) is 3. The van der Waals surface area contributed by atoms with Crippen LogP contribution in [0.15, 0.2) is 18.5 Å². The van der Waals surface area contributed by atoms with Gasteiger partial charge in [0.25, 0.3) is 0 Å². The number of pyridine rings is 1. The maximum absolute atomic E-state index is 9.51. The van der Waals surface area contributed by atoms with E-state index in [0.717, 1.165) is 25.9 Å². The van der Waals surface area contributed by atoms with Gasteiger partial charge >= 0.3 is 0 Å². The van der Waals surface area contributed by atoms with Crippen molar-refractivity contribution in [1.29, 1.82) is 0 Å². The third-order valence-electron chi connectivity index (χ3n) is 3.76. The fourth-order valence-electron chi connectivity index (χ4n) is 2.70. The molecule has 17 heavy (non-hydrogen) atoms. The molecule has 3 heteroatoms. The topological polar surface area (TPSA) is 45.2 Å². The molecule has 1 aliphatic carbocycles. The SMILES string of the molecule is Cc1cncc(CNCC2(CO)CCCC2)c1. The third kappa shape index (κ3) is 3.27. The lowest BCUT2D eigenvalue weighted by atomic mass is 9.87. The van der Waals surface area contributed by atoms with Gasteiger partial charge in [-0.1, -0.05) is 18.9 Å². The predicted molar refractivity (Wildman–Crippen MR) is 68.7 cm³/mol. The van der Waals surface area contributed by atoms with Crippen LogP contribution in [0.1, 0.15) is 36.8 Å². The highest BCUT2D eigenvalue weighted by molar-refractivity contribution is 5.16. The largest absolute Gasteiger partial charge is 0.396 e. The van der Waals surface area contributed by atoms with Crippen molar-refractivity contribution in [1.82, 2.24) is 10.3 Å². The normalized spacial score (nSPS) is 18.5. The average molecular weight is 234 g/mol. The molecular formula is C14H22N2O. The second-order valence-corrected chi connectivity index (χ2v) is 5.34. The molecule has 0 bridgehead atoms. The van der Waals surface area contributed by atoms with Crippen molar-refractivity contribution < 1.29 is 5.11 Å². The molecule has 0 aromatic carbocycles. The maximum atomic E-state index is 9.51. The van der Waals surface area contributed by atoms with Gasteiger partial charge in [-0.25, -0.2) is 0 Å². The van der Waals surface area contributed by atoms with Crippen LogP contribution in [0.5, 0.6) is 0 Å². The van der Waals surface area contributed by atoms with Crippen molar-refractivity contribution in [2.45, 2.75) is 39.2 Å². The van der Waals surface area contributed by atoms with E-state index < -0.39 is 0 Å². The number of aliphatic hydroxyl groups is 1. The van der Waals surface area contributed by atoms with Crippen molar-refractivity contribution in [3.63, 3.8) is 0 Å². The molecule has 1 aromatic heterocycles. The summed E-state index contributed by atoms with van der Waals surface area (Å²) in [5.74, 6) is 0.